The van der Waals surface area contributed by atoms with Gasteiger partial charge in [0, 0.05) is 58.2 Å². The molecule has 0 spiro atoms. The third-order valence-electron chi connectivity index (χ3n) is 5.00. The number of piperazine rings is 1. The number of nitrogens with zero attached hydrogens (tertiary/aromatic N) is 5. The fourth-order valence-electron chi connectivity index (χ4n) is 3.34. The molecule has 2 rings (SSSR count). The first-order valence-corrected chi connectivity index (χ1v) is 10.4. The predicted molar refractivity (Wildman–Crippen MR) is 129 cm³/mol. The zero-order valence-electron chi connectivity index (χ0n) is 17.7. The van der Waals surface area contributed by atoms with Crippen molar-refractivity contribution < 1.29 is 0 Å². The Bertz CT molecular complexity index is 533. The number of anilines is 1. The van der Waals surface area contributed by atoms with Crippen molar-refractivity contribution in [3.05, 3.63) is 18.5 Å². The van der Waals surface area contributed by atoms with E-state index < -0.39 is 0 Å². The standard InChI is InChI=1S/C20H37N7.HI/c1-4-5-6-9-18(2)25-19(21-3)22-12-8-13-26-14-16-27(17-15-26)20-23-10-7-11-24-20;/h7,10-11,18H,4-6,8-9,12-17H2,1-3H3,(H2,21,22,25);1H. The van der Waals surface area contributed by atoms with Crippen molar-refractivity contribution in [3.8, 4) is 0 Å². The lowest BCUT2D eigenvalue weighted by Crippen LogP contribution is -2.48. The van der Waals surface area contributed by atoms with Crippen LogP contribution in [-0.4, -0.2) is 73.2 Å². The minimum atomic E-state index is 0. The Morgan fingerprint density at radius 3 is 2.50 bits per heavy atom. The minimum absolute atomic E-state index is 0. The van der Waals surface area contributed by atoms with Gasteiger partial charge >= 0.3 is 0 Å². The van der Waals surface area contributed by atoms with Gasteiger partial charge in [0.25, 0.3) is 0 Å². The van der Waals surface area contributed by atoms with E-state index in [1.807, 2.05) is 25.5 Å². The number of hydrogen-bond acceptors (Lipinski definition) is 5. The van der Waals surface area contributed by atoms with Gasteiger partial charge in [-0.2, -0.15) is 0 Å². The maximum Gasteiger partial charge on any atom is 0.225 e. The summed E-state index contributed by atoms with van der Waals surface area (Å²) in [6.07, 6.45) is 9.80. The van der Waals surface area contributed by atoms with E-state index in [0.29, 0.717) is 6.04 Å². The molecule has 1 fully saturated rings. The molecule has 8 heteroatoms. The van der Waals surface area contributed by atoms with Crippen LogP contribution >= 0.6 is 24.0 Å². The molecule has 1 aromatic rings. The van der Waals surface area contributed by atoms with Crippen LogP contribution in [0.3, 0.4) is 0 Å². The van der Waals surface area contributed by atoms with Crippen molar-refractivity contribution in [2.24, 2.45) is 4.99 Å². The molecule has 0 saturated carbocycles. The molecule has 0 radical (unpaired) electrons. The molecular formula is C20H38IN7. The van der Waals surface area contributed by atoms with Gasteiger partial charge in [0.05, 0.1) is 0 Å². The molecule has 1 aliphatic heterocycles. The Balaban J connectivity index is 0.00000392. The summed E-state index contributed by atoms with van der Waals surface area (Å²) in [5.74, 6) is 1.77. The van der Waals surface area contributed by atoms with E-state index in [1.165, 1.54) is 25.7 Å². The van der Waals surface area contributed by atoms with Gasteiger partial charge < -0.3 is 15.5 Å². The number of unbranched alkanes of at least 4 members (excludes halogenated alkanes) is 2. The summed E-state index contributed by atoms with van der Waals surface area (Å²) in [5, 5.41) is 6.94. The van der Waals surface area contributed by atoms with Crippen LogP contribution in [-0.2, 0) is 0 Å². The summed E-state index contributed by atoms with van der Waals surface area (Å²) in [5.41, 5.74) is 0. The summed E-state index contributed by atoms with van der Waals surface area (Å²) in [4.78, 5) is 17.8. The highest BCUT2D eigenvalue weighted by Gasteiger charge is 2.18. The Morgan fingerprint density at radius 1 is 1.14 bits per heavy atom. The highest BCUT2D eigenvalue weighted by atomic mass is 127. The molecule has 1 aromatic heterocycles. The first-order valence-electron chi connectivity index (χ1n) is 10.4. The van der Waals surface area contributed by atoms with Gasteiger partial charge in [-0.25, -0.2) is 9.97 Å². The maximum atomic E-state index is 4.34. The van der Waals surface area contributed by atoms with Crippen molar-refractivity contribution in [2.45, 2.75) is 52.0 Å². The Kier molecular flexibility index (Phi) is 13.1. The quantitative estimate of drug-likeness (QED) is 0.222. The molecular weight excluding hydrogens is 465 g/mol. The molecule has 1 aliphatic rings. The lowest BCUT2D eigenvalue weighted by molar-refractivity contribution is 0.254. The normalized spacial score (nSPS) is 16.4. The van der Waals surface area contributed by atoms with Gasteiger partial charge in [-0.15, -0.1) is 24.0 Å². The van der Waals surface area contributed by atoms with E-state index in [-0.39, 0.29) is 24.0 Å². The van der Waals surface area contributed by atoms with E-state index >= 15 is 0 Å². The smallest absolute Gasteiger partial charge is 0.225 e. The number of aromatic nitrogens is 2. The van der Waals surface area contributed by atoms with Gasteiger partial charge in [-0.1, -0.05) is 26.2 Å². The highest BCUT2D eigenvalue weighted by Crippen LogP contribution is 2.09. The highest BCUT2D eigenvalue weighted by molar-refractivity contribution is 14.0. The molecule has 160 valence electrons. The van der Waals surface area contributed by atoms with Crippen LogP contribution in [0.5, 0.6) is 0 Å². The third-order valence-corrected chi connectivity index (χ3v) is 5.00. The van der Waals surface area contributed by atoms with Crippen molar-refractivity contribution in [2.75, 3.05) is 51.2 Å². The van der Waals surface area contributed by atoms with Crippen molar-refractivity contribution >= 4 is 35.9 Å². The lowest BCUT2D eigenvalue weighted by atomic mass is 10.1. The molecule has 0 aliphatic carbocycles. The number of rotatable bonds is 10. The summed E-state index contributed by atoms with van der Waals surface area (Å²) in [7, 11) is 1.85. The van der Waals surface area contributed by atoms with Gasteiger partial charge in [0.2, 0.25) is 5.95 Å². The molecule has 0 amide bonds. The topological polar surface area (TPSA) is 68.7 Å². The molecule has 0 aromatic carbocycles. The SMILES string of the molecule is CCCCCC(C)NC(=NC)NCCCN1CCN(c2ncccn2)CC1.I. The van der Waals surface area contributed by atoms with Crippen molar-refractivity contribution in [1.82, 2.24) is 25.5 Å². The number of aliphatic imine (C=N–C) groups is 1. The van der Waals surface area contributed by atoms with E-state index in [9.17, 15) is 0 Å². The molecule has 1 unspecified atom stereocenters. The Morgan fingerprint density at radius 2 is 1.86 bits per heavy atom. The fourth-order valence-corrected chi connectivity index (χ4v) is 3.34. The number of guanidine groups is 1. The first-order chi connectivity index (χ1) is 13.2. The van der Waals surface area contributed by atoms with Crippen LogP contribution in [0.1, 0.15) is 46.0 Å². The second-order valence-electron chi connectivity index (χ2n) is 7.27. The number of hydrogen-bond donors (Lipinski definition) is 2. The first kappa shape index (κ1) is 24.9. The minimum Gasteiger partial charge on any atom is -0.356 e. The second-order valence-corrected chi connectivity index (χ2v) is 7.27. The maximum absolute atomic E-state index is 4.34. The van der Waals surface area contributed by atoms with Crippen molar-refractivity contribution in [1.29, 1.82) is 0 Å². The van der Waals surface area contributed by atoms with Crippen LogP contribution in [0.25, 0.3) is 0 Å². The van der Waals surface area contributed by atoms with E-state index in [1.54, 1.807) is 0 Å². The molecule has 1 atom stereocenters. The number of nitrogens with one attached hydrogen (secondary N) is 2. The Labute approximate surface area is 187 Å². The lowest BCUT2D eigenvalue weighted by Gasteiger charge is -2.34. The van der Waals surface area contributed by atoms with Crippen LogP contribution in [0.4, 0.5) is 5.95 Å². The predicted octanol–water partition coefficient (Wildman–Crippen LogP) is 2.74. The van der Waals surface area contributed by atoms with E-state index in [0.717, 1.165) is 57.6 Å². The molecule has 2 heterocycles. The largest absolute Gasteiger partial charge is 0.356 e. The Hall–Kier alpha value is -1.16. The fraction of sp³-hybridized carbons (Fsp3) is 0.750. The summed E-state index contributed by atoms with van der Waals surface area (Å²) in [6, 6.07) is 2.33. The van der Waals surface area contributed by atoms with Crippen LogP contribution in [0, 0.1) is 0 Å². The summed E-state index contributed by atoms with van der Waals surface area (Å²) in [6.45, 7) is 10.7. The van der Waals surface area contributed by atoms with Crippen molar-refractivity contribution in [3.63, 3.8) is 0 Å². The number of halogens is 1. The van der Waals surface area contributed by atoms with Gasteiger partial charge in [-0.05, 0) is 32.4 Å². The van der Waals surface area contributed by atoms with E-state index in [4.69, 9.17) is 0 Å². The van der Waals surface area contributed by atoms with E-state index in [2.05, 4.69) is 49.2 Å². The summed E-state index contributed by atoms with van der Waals surface area (Å²) >= 11 is 0. The average molecular weight is 503 g/mol. The zero-order chi connectivity index (χ0) is 19.3. The van der Waals surface area contributed by atoms with Crippen LogP contribution < -0.4 is 15.5 Å². The van der Waals surface area contributed by atoms with Crippen LogP contribution in [0.2, 0.25) is 0 Å². The molecule has 7 nitrogen and oxygen atoms in total. The second kappa shape index (κ2) is 14.8. The molecule has 0 bridgehead atoms. The zero-order valence-corrected chi connectivity index (χ0v) is 20.1. The molecule has 2 N–H and O–H groups in total. The monoisotopic (exact) mass is 503 g/mol. The van der Waals surface area contributed by atoms with Gasteiger partial charge in [-0.3, -0.25) is 9.89 Å². The summed E-state index contributed by atoms with van der Waals surface area (Å²) < 4.78 is 0. The molecule has 28 heavy (non-hydrogen) atoms. The average Bonchev–Trinajstić information content (AvgIpc) is 2.71. The van der Waals surface area contributed by atoms with Gasteiger partial charge in [0.15, 0.2) is 5.96 Å². The third kappa shape index (κ3) is 9.36. The van der Waals surface area contributed by atoms with Gasteiger partial charge in [0.1, 0.15) is 0 Å². The molecule has 1 saturated heterocycles. The van der Waals surface area contributed by atoms with Crippen LogP contribution in [0.15, 0.2) is 23.5 Å².